The number of rotatable bonds is 4. The van der Waals surface area contributed by atoms with Gasteiger partial charge in [0, 0.05) is 10.5 Å². The summed E-state index contributed by atoms with van der Waals surface area (Å²) in [5, 5.41) is 3.36. The third kappa shape index (κ3) is 3.14. The average molecular weight is 346 g/mol. The van der Waals surface area contributed by atoms with Gasteiger partial charge in [0.1, 0.15) is 12.4 Å². The molecule has 0 heterocycles. The van der Waals surface area contributed by atoms with Crippen molar-refractivity contribution in [3.8, 4) is 5.75 Å². The van der Waals surface area contributed by atoms with E-state index in [1.165, 1.54) is 22.3 Å². The van der Waals surface area contributed by atoms with Crippen LogP contribution in [0.4, 0.5) is 0 Å². The zero-order valence-electron chi connectivity index (χ0n) is 12.4. The summed E-state index contributed by atoms with van der Waals surface area (Å²) in [4.78, 5) is 0. The Kier molecular flexibility index (Phi) is 4.32. The van der Waals surface area contributed by atoms with E-state index in [9.17, 15) is 0 Å². The standard InChI is InChI=1S/C18H20BrNO/c1-12-14(4-3-5-18(12)19)11-21-17-7-6-13-8-16(20-2)9-15(13)10-17/h3-7,10,16,20H,8-9,11H2,1-2H3. The SMILES string of the molecule is CNC1Cc2ccc(OCc3cccc(Br)c3C)cc2C1. The molecule has 0 amide bonds. The van der Waals surface area contributed by atoms with Crippen LogP contribution in [0.5, 0.6) is 5.75 Å². The van der Waals surface area contributed by atoms with Crippen molar-refractivity contribution < 1.29 is 4.74 Å². The zero-order chi connectivity index (χ0) is 14.8. The monoisotopic (exact) mass is 345 g/mol. The van der Waals surface area contributed by atoms with Gasteiger partial charge in [-0.3, -0.25) is 0 Å². The predicted molar refractivity (Wildman–Crippen MR) is 89.9 cm³/mol. The van der Waals surface area contributed by atoms with E-state index in [2.05, 4.69) is 64.6 Å². The molecular formula is C18H20BrNO. The van der Waals surface area contributed by atoms with E-state index >= 15 is 0 Å². The first-order chi connectivity index (χ1) is 10.2. The lowest BCUT2D eigenvalue weighted by molar-refractivity contribution is 0.305. The van der Waals surface area contributed by atoms with Crippen molar-refractivity contribution in [3.63, 3.8) is 0 Å². The van der Waals surface area contributed by atoms with Crippen LogP contribution in [-0.4, -0.2) is 13.1 Å². The second kappa shape index (κ2) is 6.20. The van der Waals surface area contributed by atoms with Gasteiger partial charge in [-0.2, -0.15) is 0 Å². The highest BCUT2D eigenvalue weighted by atomic mass is 79.9. The van der Waals surface area contributed by atoms with Gasteiger partial charge < -0.3 is 10.1 Å². The van der Waals surface area contributed by atoms with E-state index in [-0.39, 0.29) is 0 Å². The fourth-order valence-corrected chi connectivity index (χ4v) is 3.27. The van der Waals surface area contributed by atoms with Crippen molar-refractivity contribution in [3.05, 3.63) is 63.1 Å². The van der Waals surface area contributed by atoms with Crippen LogP contribution in [0.1, 0.15) is 22.3 Å². The summed E-state index contributed by atoms with van der Waals surface area (Å²) in [6.07, 6.45) is 2.22. The van der Waals surface area contributed by atoms with E-state index in [4.69, 9.17) is 4.74 Å². The average Bonchev–Trinajstić information content (AvgIpc) is 2.91. The summed E-state index contributed by atoms with van der Waals surface area (Å²) in [7, 11) is 2.03. The van der Waals surface area contributed by atoms with Gasteiger partial charge in [-0.05, 0) is 67.3 Å². The number of fused-ring (bicyclic) bond motifs is 1. The maximum absolute atomic E-state index is 5.98. The number of hydrogen-bond acceptors (Lipinski definition) is 2. The Balaban J connectivity index is 1.71. The van der Waals surface area contributed by atoms with Gasteiger partial charge in [0.05, 0.1) is 0 Å². The fourth-order valence-electron chi connectivity index (χ4n) is 2.86. The minimum Gasteiger partial charge on any atom is -0.489 e. The lowest BCUT2D eigenvalue weighted by atomic mass is 10.1. The molecule has 1 aliphatic carbocycles. The minimum atomic E-state index is 0.572. The molecule has 2 nitrogen and oxygen atoms in total. The summed E-state index contributed by atoms with van der Waals surface area (Å²) in [6.45, 7) is 2.72. The number of benzene rings is 2. The van der Waals surface area contributed by atoms with Gasteiger partial charge >= 0.3 is 0 Å². The van der Waals surface area contributed by atoms with Crippen LogP contribution in [-0.2, 0) is 19.4 Å². The van der Waals surface area contributed by atoms with Crippen LogP contribution >= 0.6 is 15.9 Å². The fraction of sp³-hybridized carbons (Fsp3) is 0.333. The Morgan fingerprint density at radius 3 is 2.81 bits per heavy atom. The summed E-state index contributed by atoms with van der Waals surface area (Å²) < 4.78 is 7.11. The van der Waals surface area contributed by atoms with Crippen LogP contribution in [0.15, 0.2) is 40.9 Å². The normalized spacial score (nSPS) is 16.8. The summed E-state index contributed by atoms with van der Waals surface area (Å²) in [5.74, 6) is 0.963. The van der Waals surface area contributed by atoms with Crippen molar-refractivity contribution in [1.82, 2.24) is 5.32 Å². The molecule has 2 aromatic carbocycles. The third-order valence-electron chi connectivity index (χ3n) is 4.29. The molecule has 0 radical (unpaired) electrons. The first-order valence-electron chi connectivity index (χ1n) is 7.33. The van der Waals surface area contributed by atoms with Crippen molar-refractivity contribution >= 4 is 15.9 Å². The number of halogens is 1. The molecule has 0 spiro atoms. The molecule has 1 atom stereocenters. The Bertz CT molecular complexity index is 654. The first kappa shape index (κ1) is 14.6. The summed E-state index contributed by atoms with van der Waals surface area (Å²) in [5.41, 5.74) is 5.32. The van der Waals surface area contributed by atoms with Crippen LogP contribution in [0, 0.1) is 6.92 Å². The molecule has 3 rings (SSSR count). The Hall–Kier alpha value is -1.32. The Morgan fingerprint density at radius 2 is 2.00 bits per heavy atom. The Morgan fingerprint density at radius 1 is 1.19 bits per heavy atom. The van der Waals surface area contributed by atoms with E-state index in [0.717, 1.165) is 23.1 Å². The van der Waals surface area contributed by atoms with Gasteiger partial charge in [0.2, 0.25) is 0 Å². The van der Waals surface area contributed by atoms with Crippen molar-refractivity contribution in [2.45, 2.75) is 32.4 Å². The molecule has 0 fully saturated rings. The largest absolute Gasteiger partial charge is 0.489 e. The molecule has 110 valence electrons. The van der Waals surface area contributed by atoms with E-state index in [0.29, 0.717) is 12.6 Å². The maximum atomic E-state index is 5.98. The molecule has 0 aromatic heterocycles. The van der Waals surface area contributed by atoms with E-state index in [1.54, 1.807) is 0 Å². The number of likely N-dealkylation sites (N-methyl/N-ethyl adjacent to an activating group) is 1. The lowest BCUT2D eigenvalue weighted by Gasteiger charge is -2.11. The van der Waals surface area contributed by atoms with Crippen LogP contribution in [0.25, 0.3) is 0 Å². The molecule has 2 aromatic rings. The van der Waals surface area contributed by atoms with Crippen molar-refractivity contribution in [2.75, 3.05) is 7.05 Å². The molecule has 3 heteroatoms. The van der Waals surface area contributed by atoms with Crippen molar-refractivity contribution in [2.24, 2.45) is 0 Å². The highest BCUT2D eigenvalue weighted by Crippen LogP contribution is 2.27. The Labute approximate surface area is 134 Å². The first-order valence-corrected chi connectivity index (χ1v) is 8.12. The molecule has 0 bridgehead atoms. The van der Waals surface area contributed by atoms with Gasteiger partial charge in [-0.1, -0.05) is 34.1 Å². The highest BCUT2D eigenvalue weighted by Gasteiger charge is 2.20. The molecule has 1 unspecified atom stereocenters. The number of ether oxygens (including phenoxy) is 1. The van der Waals surface area contributed by atoms with Crippen molar-refractivity contribution in [1.29, 1.82) is 0 Å². The van der Waals surface area contributed by atoms with Gasteiger partial charge in [-0.25, -0.2) is 0 Å². The third-order valence-corrected chi connectivity index (χ3v) is 5.15. The molecule has 21 heavy (non-hydrogen) atoms. The second-order valence-electron chi connectivity index (χ2n) is 5.64. The number of hydrogen-bond donors (Lipinski definition) is 1. The molecular weight excluding hydrogens is 326 g/mol. The predicted octanol–water partition coefficient (Wildman–Crippen LogP) is 4.02. The van der Waals surface area contributed by atoms with Gasteiger partial charge in [0.15, 0.2) is 0 Å². The number of nitrogens with one attached hydrogen (secondary N) is 1. The molecule has 1 aliphatic rings. The summed E-state index contributed by atoms with van der Waals surface area (Å²) in [6, 6.07) is 13.3. The summed E-state index contributed by atoms with van der Waals surface area (Å²) >= 11 is 3.56. The smallest absolute Gasteiger partial charge is 0.120 e. The lowest BCUT2D eigenvalue weighted by Crippen LogP contribution is -2.24. The van der Waals surface area contributed by atoms with Gasteiger partial charge in [0.25, 0.3) is 0 Å². The van der Waals surface area contributed by atoms with Crippen LogP contribution in [0.3, 0.4) is 0 Å². The van der Waals surface area contributed by atoms with Crippen LogP contribution in [0.2, 0.25) is 0 Å². The van der Waals surface area contributed by atoms with E-state index < -0.39 is 0 Å². The zero-order valence-corrected chi connectivity index (χ0v) is 14.0. The molecule has 1 N–H and O–H groups in total. The molecule has 0 aliphatic heterocycles. The highest BCUT2D eigenvalue weighted by molar-refractivity contribution is 9.10. The van der Waals surface area contributed by atoms with Crippen LogP contribution < -0.4 is 10.1 Å². The quantitative estimate of drug-likeness (QED) is 0.903. The molecule has 0 saturated carbocycles. The van der Waals surface area contributed by atoms with E-state index in [1.807, 2.05) is 7.05 Å². The maximum Gasteiger partial charge on any atom is 0.120 e. The topological polar surface area (TPSA) is 21.3 Å². The van der Waals surface area contributed by atoms with Gasteiger partial charge in [-0.15, -0.1) is 0 Å². The minimum absolute atomic E-state index is 0.572. The molecule has 0 saturated heterocycles. The second-order valence-corrected chi connectivity index (χ2v) is 6.49.